The Balaban J connectivity index is 2.56. The summed E-state index contributed by atoms with van der Waals surface area (Å²) in [5, 5.41) is 3.38. The molecule has 0 aliphatic carbocycles. The Morgan fingerprint density at radius 2 is 1.66 bits per heavy atom. The summed E-state index contributed by atoms with van der Waals surface area (Å²) in [5.74, 6) is -0.955. The molecule has 2 amide bonds. The summed E-state index contributed by atoms with van der Waals surface area (Å²) in [6.07, 6.45) is 0. The van der Waals surface area contributed by atoms with Crippen molar-refractivity contribution in [1.29, 1.82) is 0 Å². The molecule has 1 N–H and O–H groups in total. The van der Waals surface area contributed by atoms with Gasteiger partial charge in [0.1, 0.15) is 12.6 Å². The SMILES string of the molecule is CCNC(=O)[C@@H](C)N(Cc1c(Cl)cccc1Cl)C(=O)CN(c1cc(C)ccc1C)S(=O)(=O)N(C)C. The first kappa shape index (κ1) is 28.9. The number of hydrogen-bond donors (Lipinski definition) is 1. The Kier molecular flexibility index (Phi) is 9.97. The molecule has 8 nitrogen and oxygen atoms in total. The minimum absolute atomic E-state index is 0.0711. The van der Waals surface area contributed by atoms with Crippen LogP contribution in [0.4, 0.5) is 5.69 Å². The summed E-state index contributed by atoms with van der Waals surface area (Å²) >= 11 is 12.7. The fourth-order valence-corrected chi connectivity index (χ4v) is 5.08. The van der Waals surface area contributed by atoms with E-state index in [0.29, 0.717) is 33.4 Å². The van der Waals surface area contributed by atoms with Gasteiger partial charge in [-0.15, -0.1) is 0 Å². The minimum Gasteiger partial charge on any atom is -0.355 e. The first-order valence-electron chi connectivity index (χ1n) is 11.1. The monoisotopic (exact) mass is 542 g/mol. The number of anilines is 1. The van der Waals surface area contributed by atoms with Crippen LogP contribution in [0.25, 0.3) is 0 Å². The molecule has 2 aromatic carbocycles. The summed E-state index contributed by atoms with van der Waals surface area (Å²) in [5.41, 5.74) is 2.38. The topological polar surface area (TPSA) is 90.0 Å². The zero-order valence-corrected chi connectivity index (χ0v) is 23.1. The highest BCUT2D eigenvalue weighted by molar-refractivity contribution is 7.90. The number of benzene rings is 2. The van der Waals surface area contributed by atoms with Crippen molar-refractivity contribution in [3.05, 3.63) is 63.1 Å². The van der Waals surface area contributed by atoms with E-state index in [2.05, 4.69) is 5.32 Å². The molecule has 0 radical (unpaired) electrons. The van der Waals surface area contributed by atoms with Gasteiger partial charge in [0.05, 0.1) is 5.69 Å². The zero-order chi connectivity index (χ0) is 26.5. The van der Waals surface area contributed by atoms with Crippen LogP contribution in [0.1, 0.15) is 30.5 Å². The summed E-state index contributed by atoms with van der Waals surface area (Å²) in [4.78, 5) is 27.7. The van der Waals surface area contributed by atoms with Crippen LogP contribution in [0.2, 0.25) is 10.0 Å². The highest BCUT2D eigenvalue weighted by atomic mass is 35.5. The second-order valence-electron chi connectivity index (χ2n) is 8.38. The van der Waals surface area contributed by atoms with E-state index in [1.807, 2.05) is 13.0 Å². The number of rotatable bonds is 10. The average Bonchev–Trinajstić information content (AvgIpc) is 2.78. The third-order valence-electron chi connectivity index (χ3n) is 5.56. The van der Waals surface area contributed by atoms with Gasteiger partial charge in [-0.25, -0.2) is 4.31 Å². The summed E-state index contributed by atoms with van der Waals surface area (Å²) in [6.45, 7) is 6.75. The number of aryl methyl sites for hydroxylation is 2. The van der Waals surface area contributed by atoms with Gasteiger partial charge in [-0.2, -0.15) is 12.7 Å². The van der Waals surface area contributed by atoms with E-state index in [1.165, 1.54) is 19.0 Å². The first-order valence-corrected chi connectivity index (χ1v) is 13.2. The van der Waals surface area contributed by atoms with Crippen molar-refractivity contribution in [2.24, 2.45) is 0 Å². The Morgan fingerprint density at radius 3 is 2.20 bits per heavy atom. The lowest BCUT2D eigenvalue weighted by atomic mass is 10.1. The van der Waals surface area contributed by atoms with Crippen LogP contribution in [0.5, 0.6) is 0 Å². The van der Waals surface area contributed by atoms with E-state index in [-0.39, 0.29) is 12.5 Å². The maximum absolute atomic E-state index is 13.7. The van der Waals surface area contributed by atoms with E-state index in [9.17, 15) is 18.0 Å². The predicted octanol–water partition coefficient (Wildman–Crippen LogP) is 3.78. The summed E-state index contributed by atoms with van der Waals surface area (Å²) in [6, 6.07) is 9.43. The highest BCUT2D eigenvalue weighted by Crippen LogP contribution is 2.28. The number of nitrogens with zero attached hydrogens (tertiary/aromatic N) is 3. The van der Waals surface area contributed by atoms with Gasteiger partial charge in [0, 0.05) is 42.8 Å². The van der Waals surface area contributed by atoms with Gasteiger partial charge >= 0.3 is 10.2 Å². The maximum atomic E-state index is 13.7. The Labute approximate surface area is 218 Å². The lowest BCUT2D eigenvalue weighted by molar-refractivity contribution is -0.139. The van der Waals surface area contributed by atoms with Gasteiger partial charge in [-0.05, 0) is 57.0 Å². The normalized spacial score (nSPS) is 12.4. The fraction of sp³-hybridized carbons (Fsp3) is 0.417. The predicted molar refractivity (Wildman–Crippen MR) is 141 cm³/mol. The molecule has 0 aliphatic rings. The summed E-state index contributed by atoms with van der Waals surface area (Å²) in [7, 11) is -1.24. The number of amides is 2. The van der Waals surface area contributed by atoms with E-state index in [1.54, 1.807) is 51.1 Å². The third kappa shape index (κ3) is 6.88. The lowest BCUT2D eigenvalue weighted by Crippen LogP contribution is -2.52. The van der Waals surface area contributed by atoms with Crippen LogP contribution in [0.15, 0.2) is 36.4 Å². The van der Waals surface area contributed by atoms with E-state index < -0.39 is 28.7 Å². The molecule has 0 bridgehead atoms. The maximum Gasteiger partial charge on any atom is 0.304 e. The van der Waals surface area contributed by atoms with Crippen LogP contribution in [0.3, 0.4) is 0 Å². The molecule has 0 saturated heterocycles. The Morgan fingerprint density at radius 1 is 1.06 bits per heavy atom. The molecule has 192 valence electrons. The van der Waals surface area contributed by atoms with Gasteiger partial charge in [0.15, 0.2) is 0 Å². The molecule has 0 unspecified atom stereocenters. The molecule has 0 fully saturated rings. The average molecular weight is 544 g/mol. The highest BCUT2D eigenvalue weighted by Gasteiger charge is 2.33. The van der Waals surface area contributed by atoms with E-state index >= 15 is 0 Å². The molecular weight excluding hydrogens is 511 g/mol. The smallest absolute Gasteiger partial charge is 0.304 e. The molecule has 0 spiro atoms. The first-order chi connectivity index (χ1) is 16.3. The Hall–Kier alpha value is -2.33. The van der Waals surface area contributed by atoms with Gasteiger partial charge in [0.25, 0.3) is 0 Å². The van der Waals surface area contributed by atoms with Crippen molar-refractivity contribution in [3.63, 3.8) is 0 Å². The molecule has 0 saturated carbocycles. The number of nitrogens with one attached hydrogen (secondary N) is 1. The van der Waals surface area contributed by atoms with E-state index in [4.69, 9.17) is 23.2 Å². The second kappa shape index (κ2) is 12.1. The molecule has 2 aromatic rings. The van der Waals surface area contributed by atoms with Crippen molar-refractivity contribution in [3.8, 4) is 0 Å². The molecule has 2 rings (SSSR count). The van der Waals surface area contributed by atoms with Crippen molar-refractivity contribution >= 4 is 50.9 Å². The van der Waals surface area contributed by atoms with Crippen LogP contribution >= 0.6 is 23.2 Å². The number of carbonyl (C=O) groups excluding carboxylic acids is 2. The third-order valence-corrected chi connectivity index (χ3v) is 8.07. The van der Waals surface area contributed by atoms with Crippen molar-refractivity contribution in [2.45, 2.75) is 40.3 Å². The molecule has 11 heteroatoms. The number of halogens is 2. The van der Waals surface area contributed by atoms with Gasteiger partial charge in [-0.1, -0.05) is 41.4 Å². The quantitative estimate of drug-likeness (QED) is 0.494. The number of hydrogen-bond acceptors (Lipinski definition) is 4. The van der Waals surface area contributed by atoms with Crippen molar-refractivity contribution in [1.82, 2.24) is 14.5 Å². The van der Waals surface area contributed by atoms with Crippen LogP contribution in [-0.2, 0) is 26.3 Å². The van der Waals surface area contributed by atoms with Gasteiger partial charge < -0.3 is 10.2 Å². The van der Waals surface area contributed by atoms with E-state index in [0.717, 1.165) is 14.2 Å². The standard InChI is InChI=1S/C24H32Cl2N4O4S/c1-7-27-24(32)18(4)29(14-19-20(25)9-8-10-21(19)26)23(31)15-30(35(33,34)28(5)6)22-13-16(2)11-12-17(22)3/h8-13,18H,7,14-15H2,1-6H3,(H,27,32)/t18-/m1/s1. The van der Waals surface area contributed by atoms with Gasteiger partial charge in [0.2, 0.25) is 11.8 Å². The van der Waals surface area contributed by atoms with Crippen molar-refractivity contribution < 1.29 is 18.0 Å². The summed E-state index contributed by atoms with van der Waals surface area (Å²) < 4.78 is 28.7. The number of likely N-dealkylation sites (N-methyl/N-ethyl adjacent to an activating group) is 1. The molecule has 0 aromatic heterocycles. The molecule has 1 atom stereocenters. The van der Waals surface area contributed by atoms with Crippen LogP contribution in [-0.4, -0.2) is 62.7 Å². The minimum atomic E-state index is -4.04. The second-order valence-corrected chi connectivity index (χ2v) is 11.3. The fourth-order valence-electron chi connectivity index (χ4n) is 3.45. The largest absolute Gasteiger partial charge is 0.355 e. The molecular formula is C24H32Cl2N4O4S. The van der Waals surface area contributed by atoms with Crippen LogP contribution < -0.4 is 9.62 Å². The number of carbonyl (C=O) groups is 2. The lowest BCUT2D eigenvalue weighted by Gasteiger charge is -2.33. The Bertz CT molecular complexity index is 1170. The molecule has 0 aliphatic heterocycles. The molecule has 35 heavy (non-hydrogen) atoms. The molecule has 0 heterocycles. The zero-order valence-electron chi connectivity index (χ0n) is 20.8. The van der Waals surface area contributed by atoms with Gasteiger partial charge in [-0.3, -0.25) is 9.59 Å². The van der Waals surface area contributed by atoms with Crippen LogP contribution in [0, 0.1) is 13.8 Å². The van der Waals surface area contributed by atoms with Crippen molar-refractivity contribution in [2.75, 3.05) is 31.5 Å².